The Morgan fingerprint density at radius 2 is 0.891 bits per heavy atom. The lowest BCUT2D eigenvalue weighted by molar-refractivity contribution is 0.462. The molecule has 0 aliphatic carbocycles. The molecular weight excluding hydrogens is 585 g/mol. The quantitative estimate of drug-likeness (QED) is 0.186. The lowest BCUT2D eigenvalue weighted by atomic mass is 9.99. The highest BCUT2D eigenvalue weighted by Crippen LogP contribution is 2.59. The van der Waals surface area contributed by atoms with Gasteiger partial charge in [-0.3, -0.25) is 4.98 Å². The Bertz CT molecular complexity index is 2220. The molecule has 0 N–H and O–H groups in total. The maximum Gasteiger partial charge on any atom is 0.185 e. The van der Waals surface area contributed by atoms with E-state index in [-0.39, 0.29) is 0 Å². The molecule has 0 saturated heterocycles. The Morgan fingerprint density at radius 1 is 0.413 bits per heavy atom. The van der Waals surface area contributed by atoms with E-state index in [0.717, 1.165) is 44.5 Å². The summed E-state index contributed by atoms with van der Waals surface area (Å²) in [6, 6.07) is 48.7. The van der Waals surface area contributed by atoms with E-state index in [2.05, 4.69) is 47.4 Å². The number of fused-ring (bicyclic) bond motifs is 4. The zero-order chi connectivity index (χ0) is 30.7. The molecule has 7 aromatic rings. The highest BCUT2D eigenvalue weighted by Gasteiger charge is 2.46. The van der Waals surface area contributed by atoms with Crippen LogP contribution in [0.2, 0.25) is 0 Å². The highest BCUT2D eigenvalue weighted by atomic mass is 31.2. The minimum Gasteiger partial charge on any atom is -0.456 e. The lowest BCUT2D eigenvalue weighted by Crippen LogP contribution is -2.35. The maximum absolute atomic E-state index is 15.8. The second-order valence-electron chi connectivity index (χ2n) is 11.6. The van der Waals surface area contributed by atoms with Gasteiger partial charge in [0, 0.05) is 18.0 Å². The van der Waals surface area contributed by atoms with Crippen LogP contribution in [-0.2, 0) is 4.57 Å². The van der Waals surface area contributed by atoms with Gasteiger partial charge in [0.1, 0.15) is 28.3 Å². The third-order valence-corrected chi connectivity index (χ3v) is 12.0. The topological polar surface area (TPSA) is 48.4 Å². The van der Waals surface area contributed by atoms with E-state index in [1.807, 2.05) is 109 Å². The lowest BCUT2D eigenvalue weighted by Gasteiger charge is -2.35. The van der Waals surface area contributed by atoms with Crippen molar-refractivity contribution < 1.29 is 14.0 Å². The molecule has 46 heavy (non-hydrogen) atoms. The number of benzene rings is 6. The largest absolute Gasteiger partial charge is 0.456 e. The van der Waals surface area contributed by atoms with Crippen molar-refractivity contribution in [3.8, 4) is 67.5 Å². The van der Waals surface area contributed by atoms with Gasteiger partial charge in [0.25, 0.3) is 0 Å². The van der Waals surface area contributed by atoms with Crippen molar-refractivity contribution in [2.45, 2.75) is 0 Å². The van der Waals surface area contributed by atoms with Crippen molar-refractivity contribution >= 4 is 23.1 Å². The van der Waals surface area contributed by atoms with Gasteiger partial charge in [0.05, 0.1) is 10.6 Å². The van der Waals surface area contributed by atoms with Gasteiger partial charge in [0.15, 0.2) is 7.14 Å². The first kappa shape index (κ1) is 26.7. The van der Waals surface area contributed by atoms with Crippen LogP contribution in [0.15, 0.2) is 158 Å². The molecule has 0 bridgehead atoms. The van der Waals surface area contributed by atoms with E-state index in [4.69, 9.17) is 9.47 Å². The molecule has 0 fully saturated rings. The zero-order valence-electron chi connectivity index (χ0n) is 24.6. The van der Waals surface area contributed by atoms with Crippen LogP contribution >= 0.6 is 7.14 Å². The third kappa shape index (κ3) is 4.23. The maximum atomic E-state index is 15.8. The predicted octanol–water partition coefficient (Wildman–Crippen LogP) is 9.60. The molecule has 5 heteroatoms. The van der Waals surface area contributed by atoms with Crippen LogP contribution in [0.5, 0.6) is 23.0 Å². The SMILES string of the molecule is O=P12c3ccc(-c4ccccc4)cc3Oc3cc(-c4cccc(-c5cccnc5)c4)cc(c31)Oc1cc(-c3ccccc3)ccc12. The van der Waals surface area contributed by atoms with Crippen molar-refractivity contribution in [3.05, 3.63) is 158 Å². The van der Waals surface area contributed by atoms with Crippen molar-refractivity contribution in [2.24, 2.45) is 0 Å². The zero-order valence-corrected chi connectivity index (χ0v) is 25.5. The van der Waals surface area contributed by atoms with E-state index in [1.165, 1.54) is 0 Å². The Morgan fingerprint density at radius 3 is 1.43 bits per heavy atom. The van der Waals surface area contributed by atoms with Crippen LogP contribution in [0, 0.1) is 0 Å². The molecule has 2 aliphatic heterocycles. The van der Waals surface area contributed by atoms with Crippen LogP contribution < -0.4 is 25.4 Å². The molecule has 218 valence electrons. The normalized spacial score (nSPS) is 13.4. The van der Waals surface area contributed by atoms with Gasteiger partial charge in [-0.2, -0.15) is 0 Å². The number of hydrogen-bond acceptors (Lipinski definition) is 4. The molecule has 9 rings (SSSR count). The van der Waals surface area contributed by atoms with Crippen LogP contribution in [0.25, 0.3) is 44.5 Å². The Labute approximate surface area is 266 Å². The third-order valence-electron chi connectivity index (χ3n) is 8.80. The molecular formula is C41H26NO3P. The first-order valence-corrected chi connectivity index (χ1v) is 16.9. The summed E-state index contributed by atoms with van der Waals surface area (Å²) >= 11 is 0. The van der Waals surface area contributed by atoms with Gasteiger partial charge in [-0.05, 0) is 87.5 Å². The van der Waals surface area contributed by atoms with Crippen molar-refractivity contribution in [2.75, 3.05) is 0 Å². The average molecular weight is 612 g/mol. The van der Waals surface area contributed by atoms with Crippen LogP contribution in [-0.4, -0.2) is 4.98 Å². The van der Waals surface area contributed by atoms with Gasteiger partial charge in [-0.15, -0.1) is 0 Å². The van der Waals surface area contributed by atoms with E-state index in [0.29, 0.717) is 38.9 Å². The van der Waals surface area contributed by atoms with Gasteiger partial charge in [-0.1, -0.05) is 97.1 Å². The monoisotopic (exact) mass is 611 g/mol. The van der Waals surface area contributed by atoms with Gasteiger partial charge >= 0.3 is 0 Å². The number of ether oxygens (including phenoxy) is 2. The number of nitrogens with zero attached hydrogens (tertiary/aromatic N) is 1. The van der Waals surface area contributed by atoms with Gasteiger partial charge < -0.3 is 14.0 Å². The smallest absolute Gasteiger partial charge is 0.185 e. The minimum atomic E-state index is -3.36. The van der Waals surface area contributed by atoms with Crippen molar-refractivity contribution in [3.63, 3.8) is 0 Å². The molecule has 0 atom stereocenters. The molecule has 0 amide bonds. The predicted molar refractivity (Wildman–Crippen MR) is 186 cm³/mol. The summed E-state index contributed by atoms with van der Waals surface area (Å²) in [4.78, 5) is 4.30. The fourth-order valence-corrected chi connectivity index (χ4v) is 9.56. The molecule has 4 nitrogen and oxygen atoms in total. The fourth-order valence-electron chi connectivity index (χ4n) is 6.57. The van der Waals surface area contributed by atoms with Crippen molar-refractivity contribution in [1.29, 1.82) is 0 Å². The molecule has 0 spiro atoms. The standard InChI is InChI=1S/C41H26NO3P/c43-46-39-18-16-31(27-9-3-1-4-10-27)22-35(39)44-37-24-34(30-14-7-13-29(21-30)33-15-8-20-42-26-33)25-38(41(37)46)45-36-23-32(17-19-40(36)46)28-11-5-2-6-12-28/h1-26H. The van der Waals surface area contributed by atoms with Gasteiger partial charge in [-0.25, -0.2) is 0 Å². The Hall–Kier alpha value is -5.70. The highest BCUT2D eigenvalue weighted by molar-refractivity contribution is 7.86. The molecule has 2 aliphatic rings. The molecule has 1 aromatic heterocycles. The summed E-state index contributed by atoms with van der Waals surface area (Å²) in [5.41, 5.74) is 8.14. The van der Waals surface area contributed by atoms with Crippen LogP contribution in [0.4, 0.5) is 0 Å². The summed E-state index contributed by atoms with van der Waals surface area (Å²) in [5.74, 6) is 2.31. The number of hydrogen-bond donors (Lipinski definition) is 0. The summed E-state index contributed by atoms with van der Waals surface area (Å²) in [7, 11) is -3.36. The van der Waals surface area contributed by atoms with E-state index >= 15 is 4.57 Å². The number of rotatable bonds is 4. The molecule has 6 aromatic carbocycles. The number of aromatic nitrogens is 1. The van der Waals surface area contributed by atoms with E-state index in [1.54, 1.807) is 6.20 Å². The second kappa shape index (κ2) is 10.4. The first-order chi connectivity index (χ1) is 22.6. The summed E-state index contributed by atoms with van der Waals surface area (Å²) in [6.07, 6.45) is 3.64. The van der Waals surface area contributed by atoms with Gasteiger partial charge in [0.2, 0.25) is 0 Å². The Balaban J connectivity index is 1.25. The fraction of sp³-hybridized carbons (Fsp3) is 0. The van der Waals surface area contributed by atoms with Crippen LogP contribution in [0.1, 0.15) is 0 Å². The molecule has 3 heterocycles. The second-order valence-corrected chi connectivity index (χ2v) is 14.2. The average Bonchev–Trinajstić information content (AvgIpc) is 3.12. The summed E-state index contributed by atoms with van der Waals surface area (Å²) in [5, 5.41) is 1.98. The molecule has 0 saturated carbocycles. The number of pyridine rings is 1. The van der Waals surface area contributed by atoms with Crippen molar-refractivity contribution in [1.82, 2.24) is 4.98 Å². The van der Waals surface area contributed by atoms with Crippen LogP contribution in [0.3, 0.4) is 0 Å². The Kier molecular flexibility index (Phi) is 6.06. The molecule has 0 unspecified atom stereocenters. The molecule has 0 radical (unpaired) electrons. The van der Waals surface area contributed by atoms with E-state index < -0.39 is 7.14 Å². The summed E-state index contributed by atoms with van der Waals surface area (Å²) in [6.45, 7) is 0. The summed E-state index contributed by atoms with van der Waals surface area (Å²) < 4.78 is 29.1. The first-order valence-electron chi connectivity index (χ1n) is 15.2. The van der Waals surface area contributed by atoms with E-state index in [9.17, 15) is 0 Å². The minimum absolute atomic E-state index is 0.554.